The molecule has 0 radical (unpaired) electrons. The first kappa shape index (κ1) is 11.4. The largest absolute Gasteiger partial charge is 0.313 e. The fourth-order valence-electron chi connectivity index (χ4n) is 2.63. The van der Waals surface area contributed by atoms with E-state index >= 15 is 0 Å². The van der Waals surface area contributed by atoms with E-state index in [1.54, 1.807) is 0 Å². The van der Waals surface area contributed by atoms with Gasteiger partial charge in [-0.05, 0) is 57.7 Å². The van der Waals surface area contributed by atoms with Crippen LogP contribution in [0.5, 0.6) is 0 Å². The quantitative estimate of drug-likeness (QED) is 0.747. The monoisotopic (exact) mass is 210 g/mol. The van der Waals surface area contributed by atoms with Crippen LogP contribution in [0.25, 0.3) is 0 Å². The second-order valence-corrected chi connectivity index (χ2v) is 5.64. The molecule has 0 spiro atoms. The molecule has 0 bridgehead atoms. The van der Waals surface area contributed by atoms with Gasteiger partial charge in [-0.3, -0.25) is 0 Å². The summed E-state index contributed by atoms with van der Waals surface area (Å²) >= 11 is 0. The van der Waals surface area contributed by atoms with Crippen molar-refractivity contribution in [2.75, 3.05) is 26.2 Å². The van der Waals surface area contributed by atoms with Crippen molar-refractivity contribution in [1.29, 1.82) is 0 Å². The molecule has 1 saturated heterocycles. The van der Waals surface area contributed by atoms with Crippen LogP contribution in [-0.2, 0) is 0 Å². The van der Waals surface area contributed by atoms with Crippen LogP contribution < -0.4 is 5.32 Å². The van der Waals surface area contributed by atoms with Gasteiger partial charge in [0.2, 0.25) is 0 Å². The summed E-state index contributed by atoms with van der Waals surface area (Å²) < 4.78 is 0. The van der Waals surface area contributed by atoms with E-state index in [1.807, 2.05) is 0 Å². The number of hydrogen-bond acceptors (Lipinski definition) is 2. The standard InChI is InChI=1S/C13H26N2/c1-11-8-13(11)9-14-12(2)10-15-6-4-3-5-7-15/h11-14H,3-10H2,1-2H3. The summed E-state index contributed by atoms with van der Waals surface area (Å²) in [6.07, 6.45) is 5.71. The van der Waals surface area contributed by atoms with Crippen LogP contribution in [0, 0.1) is 11.8 Å². The summed E-state index contributed by atoms with van der Waals surface area (Å²) in [5, 5.41) is 3.68. The average Bonchev–Trinajstić information content (AvgIpc) is 2.93. The van der Waals surface area contributed by atoms with Crippen molar-refractivity contribution in [2.45, 2.75) is 45.6 Å². The number of nitrogens with one attached hydrogen (secondary N) is 1. The van der Waals surface area contributed by atoms with Crippen LogP contribution in [0.4, 0.5) is 0 Å². The van der Waals surface area contributed by atoms with Crippen molar-refractivity contribution in [3.05, 3.63) is 0 Å². The maximum absolute atomic E-state index is 3.68. The maximum atomic E-state index is 3.68. The molecule has 1 heterocycles. The first-order valence-corrected chi connectivity index (χ1v) is 6.71. The van der Waals surface area contributed by atoms with Gasteiger partial charge in [-0.15, -0.1) is 0 Å². The van der Waals surface area contributed by atoms with Gasteiger partial charge < -0.3 is 10.2 Å². The third-order valence-corrected chi connectivity index (χ3v) is 3.99. The van der Waals surface area contributed by atoms with Crippen molar-refractivity contribution in [3.8, 4) is 0 Å². The number of likely N-dealkylation sites (tertiary alicyclic amines) is 1. The highest BCUT2D eigenvalue weighted by Gasteiger charge is 2.32. The van der Waals surface area contributed by atoms with Crippen LogP contribution >= 0.6 is 0 Å². The lowest BCUT2D eigenvalue weighted by molar-refractivity contribution is 0.208. The van der Waals surface area contributed by atoms with E-state index in [-0.39, 0.29) is 0 Å². The lowest BCUT2D eigenvalue weighted by Gasteiger charge is -2.29. The van der Waals surface area contributed by atoms with Crippen molar-refractivity contribution < 1.29 is 0 Å². The van der Waals surface area contributed by atoms with E-state index in [2.05, 4.69) is 24.1 Å². The molecule has 3 unspecified atom stereocenters. The van der Waals surface area contributed by atoms with Gasteiger partial charge in [0.05, 0.1) is 0 Å². The normalized spacial score (nSPS) is 34.0. The third kappa shape index (κ3) is 3.76. The Bertz CT molecular complexity index is 187. The Morgan fingerprint density at radius 1 is 1.27 bits per heavy atom. The molecular weight excluding hydrogens is 184 g/mol. The maximum Gasteiger partial charge on any atom is 0.0166 e. The lowest BCUT2D eigenvalue weighted by atomic mass is 10.1. The second kappa shape index (κ2) is 5.31. The summed E-state index contributed by atoms with van der Waals surface area (Å²) in [7, 11) is 0. The molecule has 2 nitrogen and oxygen atoms in total. The van der Waals surface area contributed by atoms with Gasteiger partial charge in [0.1, 0.15) is 0 Å². The Morgan fingerprint density at radius 2 is 1.93 bits per heavy atom. The highest BCUT2D eigenvalue weighted by atomic mass is 15.1. The van der Waals surface area contributed by atoms with Crippen LogP contribution in [-0.4, -0.2) is 37.1 Å². The Balaban J connectivity index is 1.56. The van der Waals surface area contributed by atoms with Crippen molar-refractivity contribution in [1.82, 2.24) is 10.2 Å². The summed E-state index contributed by atoms with van der Waals surface area (Å²) in [6.45, 7) is 9.85. The molecule has 2 heteroatoms. The van der Waals surface area contributed by atoms with Crippen LogP contribution in [0.15, 0.2) is 0 Å². The molecule has 0 amide bonds. The first-order valence-electron chi connectivity index (χ1n) is 6.71. The van der Waals surface area contributed by atoms with E-state index in [4.69, 9.17) is 0 Å². The van der Waals surface area contributed by atoms with Gasteiger partial charge in [0.25, 0.3) is 0 Å². The minimum atomic E-state index is 0.677. The minimum Gasteiger partial charge on any atom is -0.313 e. The molecule has 15 heavy (non-hydrogen) atoms. The van der Waals surface area contributed by atoms with Gasteiger partial charge in [-0.2, -0.15) is 0 Å². The molecule has 0 aromatic heterocycles. The Kier molecular flexibility index (Phi) is 4.04. The molecule has 2 rings (SSSR count). The molecule has 1 saturated carbocycles. The van der Waals surface area contributed by atoms with Crippen LogP contribution in [0.1, 0.15) is 39.5 Å². The summed E-state index contributed by atoms with van der Waals surface area (Å²) in [6, 6.07) is 0.677. The van der Waals surface area contributed by atoms with Crippen molar-refractivity contribution >= 4 is 0 Å². The lowest BCUT2D eigenvalue weighted by Crippen LogP contribution is -2.42. The highest BCUT2D eigenvalue weighted by Crippen LogP contribution is 2.36. The minimum absolute atomic E-state index is 0.677. The second-order valence-electron chi connectivity index (χ2n) is 5.64. The van der Waals surface area contributed by atoms with E-state index in [0.717, 1.165) is 11.8 Å². The molecule has 1 N–H and O–H groups in total. The fourth-order valence-corrected chi connectivity index (χ4v) is 2.63. The van der Waals surface area contributed by atoms with Crippen LogP contribution in [0.3, 0.4) is 0 Å². The average molecular weight is 210 g/mol. The van der Waals surface area contributed by atoms with E-state index in [1.165, 1.54) is 51.9 Å². The zero-order valence-corrected chi connectivity index (χ0v) is 10.3. The molecule has 2 fully saturated rings. The molecule has 0 aromatic rings. The van der Waals surface area contributed by atoms with Gasteiger partial charge in [-0.1, -0.05) is 13.3 Å². The van der Waals surface area contributed by atoms with Gasteiger partial charge in [-0.25, -0.2) is 0 Å². The van der Waals surface area contributed by atoms with Crippen LogP contribution in [0.2, 0.25) is 0 Å². The van der Waals surface area contributed by atoms with Crippen molar-refractivity contribution in [3.63, 3.8) is 0 Å². The molecule has 2 aliphatic rings. The van der Waals surface area contributed by atoms with Gasteiger partial charge >= 0.3 is 0 Å². The molecule has 3 atom stereocenters. The summed E-state index contributed by atoms with van der Waals surface area (Å²) in [4.78, 5) is 2.62. The number of rotatable bonds is 5. The highest BCUT2D eigenvalue weighted by molar-refractivity contribution is 4.85. The Hall–Kier alpha value is -0.0800. The third-order valence-electron chi connectivity index (χ3n) is 3.99. The molecule has 1 aliphatic carbocycles. The molecule has 1 aliphatic heterocycles. The summed E-state index contributed by atoms with van der Waals surface area (Å²) in [5.74, 6) is 1.97. The first-order chi connectivity index (χ1) is 7.25. The number of piperidine rings is 1. The predicted octanol–water partition coefficient (Wildman–Crippen LogP) is 2.11. The molecule has 0 aromatic carbocycles. The number of nitrogens with zero attached hydrogens (tertiary/aromatic N) is 1. The number of hydrogen-bond donors (Lipinski definition) is 1. The molecule has 88 valence electrons. The Labute approximate surface area is 94.4 Å². The SMILES string of the molecule is CC(CN1CCCCC1)NCC1CC1C. The Morgan fingerprint density at radius 3 is 2.53 bits per heavy atom. The van der Waals surface area contributed by atoms with Crippen molar-refractivity contribution in [2.24, 2.45) is 11.8 Å². The van der Waals surface area contributed by atoms with E-state index in [9.17, 15) is 0 Å². The van der Waals surface area contributed by atoms with E-state index < -0.39 is 0 Å². The van der Waals surface area contributed by atoms with Gasteiger partial charge in [0, 0.05) is 12.6 Å². The zero-order valence-electron chi connectivity index (χ0n) is 10.3. The topological polar surface area (TPSA) is 15.3 Å². The zero-order chi connectivity index (χ0) is 10.7. The predicted molar refractivity (Wildman–Crippen MR) is 65.0 cm³/mol. The smallest absolute Gasteiger partial charge is 0.0166 e. The summed E-state index contributed by atoms with van der Waals surface area (Å²) in [5.41, 5.74) is 0. The van der Waals surface area contributed by atoms with E-state index in [0.29, 0.717) is 6.04 Å². The van der Waals surface area contributed by atoms with Gasteiger partial charge in [0.15, 0.2) is 0 Å². The fraction of sp³-hybridized carbons (Fsp3) is 1.00. The molecular formula is C13H26N2.